The van der Waals surface area contributed by atoms with Gasteiger partial charge in [-0.15, -0.1) is 0 Å². The lowest BCUT2D eigenvalue weighted by atomic mass is 10.1. The lowest BCUT2D eigenvalue weighted by Gasteiger charge is -2.24. The maximum atomic E-state index is 6.32. The van der Waals surface area contributed by atoms with Gasteiger partial charge in [0.15, 0.2) is 0 Å². The molecule has 7 nitrogen and oxygen atoms in total. The Hall–Kier alpha value is -3.16. The quantitative estimate of drug-likeness (QED) is 0.462. The molecular weight excluding hydrogens is 392 g/mol. The molecule has 31 heavy (non-hydrogen) atoms. The van der Waals surface area contributed by atoms with Gasteiger partial charge in [-0.2, -0.15) is 0 Å². The van der Waals surface area contributed by atoms with E-state index in [2.05, 4.69) is 22.4 Å². The van der Waals surface area contributed by atoms with Gasteiger partial charge in [-0.3, -0.25) is 4.40 Å². The minimum absolute atomic E-state index is 0.178. The summed E-state index contributed by atoms with van der Waals surface area (Å²) in [7, 11) is 1.66. The number of imidazole rings is 1. The highest BCUT2D eigenvalue weighted by Crippen LogP contribution is 2.29. The van der Waals surface area contributed by atoms with E-state index in [1.807, 2.05) is 47.1 Å². The fourth-order valence-corrected chi connectivity index (χ4v) is 3.94. The lowest BCUT2D eigenvalue weighted by Crippen LogP contribution is -2.37. The van der Waals surface area contributed by atoms with Crippen molar-refractivity contribution in [1.29, 1.82) is 0 Å². The van der Waals surface area contributed by atoms with Crippen molar-refractivity contribution < 1.29 is 14.2 Å². The van der Waals surface area contributed by atoms with Crippen molar-refractivity contribution in [2.45, 2.75) is 18.9 Å². The molecule has 1 saturated heterocycles. The third kappa shape index (κ3) is 4.19. The summed E-state index contributed by atoms with van der Waals surface area (Å²) in [6.45, 7) is 2.99. The molecule has 3 aromatic heterocycles. The van der Waals surface area contributed by atoms with Crippen LogP contribution >= 0.6 is 0 Å². The van der Waals surface area contributed by atoms with Crippen LogP contribution in [0.3, 0.4) is 0 Å². The normalized spacial score (nSPS) is 16.6. The first kappa shape index (κ1) is 19.8. The van der Waals surface area contributed by atoms with Gasteiger partial charge >= 0.3 is 0 Å². The van der Waals surface area contributed by atoms with Crippen molar-refractivity contribution in [2.75, 3.05) is 33.4 Å². The van der Waals surface area contributed by atoms with Crippen molar-refractivity contribution >= 4 is 16.6 Å². The van der Waals surface area contributed by atoms with E-state index in [1.165, 1.54) is 0 Å². The van der Waals surface area contributed by atoms with E-state index in [0.717, 1.165) is 65.4 Å². The van der Waals surface area contributed by atoms with Crippen molar-refractivity contribution in [3.05, 3.63) is 54.9 Å². The maximum absolute atomic E-state index is 6.32. The molecule has 1 aliphatic heterocycles. The predicted octanol–water partition coefficient (Wildman–Crippen LogP) is 3.71. The molecule has 0 spiro atoms. The van der Waals surface area contributed by atoms with Crippen molar-refractivity contribution in [2.24, 2.45) is 0 Å². The molecule has 4 heterocycles. The topological polar surface area (TPSA) is 69.9 Å². The van der Waals surface area contributed by atoms with Crippen LogP contribution in [0.15, 0.2) is 54.9 Å². The second-order valence-corrected chi connectivity index (χ2v) is 7.69. The molecule has 0 bridgehead atoms. The Kier molecular flexibility index (Phi) is 5.69. The van der Waals surface area contributed by atoms with Crippen LogP contribution in [0.1, 0.15) is 12.8 Å². The van der Waals surface area contributed by atoms with Crippen LogP contribution in [0, 0.1) is 0 Å². The largest absolute Gasteiger partial charge is 0.491 e. The summed E-state index contributed by atoms with van der Waals surface area (Å²) in [5.41, 5.74) is 3.46. The zero-order valence-corrected chi connectivity index (χ0v) is 17.6. The van der Waals surface area contributed by atoms with E-state index in [9.17, 15) is 0 Å². The second kappa shape index (κ2) is 8.91. The van der Waals surface area contributed by atoms with Gasteiger partial charge in [0, 0.05) is 31.3 Å². The van der Waals surface area contributed by atoms with Crippen molar-refractivity contribution in [3.63, 3.8) is 0 Å². The van der Waals surface area contributed by atoms with Crippen LogP contribution < -0.4 is 14.8 Å². The molecule has 4 aromatic rings. The van der Waals surface area contributed by atoms with Crippen LogP contribution in [-0.4, -0.2) is 53.9 Å². The molecule has 1 N–H and O–H groups in total. The van der Waals surface area contributed by atoms with Gasteiger partial charge in [0.1, 0.15) is 35.4 Å². The molecule has 160 valence electrons. The van der Waals surface area contributed by atoms with E-state index in [0.29, 0.717) is 13.2 Å². The summed E-state index contributed by atoms with van der Waals surface area (Å²) in [6, 6.07) is 14.1. The first-order valence-electron chi connectivity index (χ1n) is 10.7. The molecule has 0 saturated carbocycles. The van der Waals surface area contributed by atoms with Gasteiger partial charge in [-0.25, -0.2) is 9.97 Å². The van der Waals surface area contributed by atoms with Gasteiger partial charge in [0.05, 0.1) is 24.2 Å². The number of aromatic nitrogens is 3. The van der Waals surface area contributed by atoms with E-state index in [1.54, 1.807) is 7.11 Å². The number of hydrogen-bond acceptors (Lipinski definition) is 6. The summed E-state index contributed by atoms with van der Waals surface area (Å²) in [4.78, 5) is 9.51. The zero-order valence-electron chi connectivity index (χ0n) is 17.6. The Balaban J connectivity index is 1.47. The highest BCUT2D eigenvalue weighted by Gasteiger charge is 2.17. The summed E-state index contributed by atoms with van der Waals surface area (Å²) in [6.07, 6.45) is 6.17. The summed E-state index contributed by atoms with van der Waals surface area (Å²) < 4.78 is 19.1. The van der Waals surface area contributed by atoms with E-state index < -0.39 is 0 Å². The minimum Gasteiger partial charge on any atom is -0.491 e. The predicted molar refractivity (Wildman–Crippen MR) is 120 cm³/mol. The molecule has 0 aliphatic carbocycles. The average Bonchev–Trinajstić information content (AvgIpc) is 3.23. The fourth-order valence-electron chi connectivity index (χ4n) is 3.94. The highest BCUT2D eigenvalue weighted by atomic mass is 16.5. The maximum Gasteiger partial charge on any atom is 0.146 e. The Bertz CT molecular complexity index is 1180. The molecule has 1 fully saturated rings. The third-order valence-electron chi connectivity index (χ3n) is 5.53. The molecule has 7 heteroatoms. The number of nitrogens with one attached hydrogen (secondary N) is 1. The summed E-state index contributed by atoms with van der Waals surface area (Å²) in [5.74, 6) is 1.60. The van der Waals surface area contributed by atoms with Crippen LogP contribution in [-0.2, 0) is 4.74 Å². The number of nitrogens with zero attached hydrogens (tertiary/aromatic N) is 3. The number of pyridine rings is 2. The van der Waals surface area contributed by atoms with E-state index in [-0.39, 0.29) is 6.10 Å². The Labute approximate surface area is 181 Å². The van der Waals surface area contributed by atoms with Crippen LogP contribution in [0.2, 0.25) is 0 Å². The number of hydrogen-bond donors (Lipinski definition) is 1. The standard InChI is InChI=1S/C24H26N4O3/c1-29-12-13-30-18-9-11-28-21(16-26-23(28)14-18)20-8-7-17-4-2-6-22(24(17)27-20)31-19-5-3-10-25-15-19/h2,4,6-9,11,14,16,19,25H,3,5,10,12-13,15H2,1H3. The van der Waals surface area contributed by atoms with Gasteiger partial charge in [-0.05, 0) is 37.6 Å². The SMILES string of the molecule is COCCOc1ccn2c(-c3ccc4cccc(OC5CCCNC5)c4n3)cnc2c1. The first-order valence-corrected chi connectivity index (χ1v) is 10.7. The van der Waals surface area contributed by atoms with E-state index in [4.69, 9.17) is 19.2 Å². The second-order valence-electron chi connectivity index (χ2n) is 7.69. The molecule has 1 aromatic carbocycles. The highest BCUT2D eigenvalue weighted by molar-refractivity contribution is 5.86. The molecule has 1 unspecified atom stereocenters. The Morgan fingerprint density at radius 1 is 1.16 bits per heavy atom. The molecule has 1 aliphatic rings. The van der Waals surface area contributed by atoms with Gasteiger partial charge < -0.3 is 19.5 Å². The number of ether oxygens (including phenoxy) is 3. The van der Waals surface area contributed by atoms with E-state index >= 15 is 0 Å². The molecule has 5 rings (SSSR count). The van der Waals surface area contributed by atoms with Gasteiger partial charge in [0.2, 0.25) is 0 Å². The Morgan fingerprint density at radius 3 is 3.00 bits per heavy atom. The van der Waals surface area contributed by atoms with Crippen molar-refractivity contribution in [3.8, 4) is 22.9 Å². The number of rotatable bonds is 7. The van der Waals surface area contributed by atoms with Crippen molar-refractivity contribution in [1.82, 2.24) is 19.7 Å². The molecule has 0 amide bonds. The first-order chi connectivity index (χ1) is 15.3. The zero-order chi connectivity index (χ0) is 21.0. The van der Waals surface area contributed by atoms with Crippen LogP contribution in [0.4, 0.5) is 0 Å². The lowest BCUT2D eigenvalue weighted by molar-refractivity contribution is 0.146. The monoisotopic (exact) mass is 418 g/mol. The number of fused-ring (bicyclic) bond motifs is 2. The molecule has 1 atom stereocenters. The average molecular weight is 418 g/mol. The molecular formula is C24H26N4O3. The number of benzene rings is 1. The van der Waals surface area contributed by atoms with Crippen LogP contribution in [0.5, 0.6) is 11.5 Å². The Morgan fingerprint density at radius 2 is 2.13 bits per heavy atom. The summed E-state index contributed by atoms with van der Waals surface area (Å²) >= 11 is 0. The van der Waals surface area contributed by atoms with Crippen LogP contribution in [0.25, 0.3) is 27.9 Å². The summed E-state index contributed by atoms with van der Waals surface area (Å²) in [5, 5.41) is 4.47. The smallest absolute Gasteiger partial charge is 0.146 e. The van der Waals surface area contributed by atoms with Gasteiger partial charge in [0.25, 0.3) is 0 Å². The molecule has 0 radical (unpaired) electrons. The third-order valence-corrected chi connectivity index (χ3v) is 5.53. The number of methoxy groups -OCH3 is 1. The minimum atomic E-state index is 0.178. The number of piperidine rings is 1. The number of para-hydroxylation sites is 1. The fraction of sp³-hybridized carbons (Fsp3) is 0.333. The van der Waals surface area contributed by atoms with Gasteiger partial charge in [-0.1, -0.05) is 18.2 Å².